The summed E-state index contributed by atoms with van der Waals surface area (Å²) in [6, 6.07) is 19.5. The molecule has 1 aliphatic heterocycles. The first-order valence-corrected chi connectivity index (χ1v) is 13.1. The molecule has 0 saturated carbocycles. The maximum atomic E-state index is 15.9. The average Bonchev–Trinajstić information content (AvgIpc) is 2.94. The van der Waals surface area contributed by atoms with Crippen LogP contribution in [-0.2, 0) is 15.9 Å². The van der Waals surface area contributed by atoms with E-state index in [1.165, 1.54) is 5.56 Å². The van der Waals surface area contributed by atoms with Crippen LogP contribution in [0.5, 0.6) is 11.5 Å². The van der Waals surface area contributed by atoms with Crippen molar-refractivity contribution in [2.45, 2.75) is 43.8 Å². The topological polar surface area (TPSA) is 51.2 Å². The Balaban J connectivity index is 1.52. The number of benzene rings is 3. The number of phenolic OH excluding ortho intramolecular Hbond substituents is 1. The van der Waals surface area contributed by atoms with E-state index in [9.17, 15) is 5.11 Å². The summed E-state index contributed by atoms with van der Waals surface area (Å²) in [5.74, 6) is 1.10. The highest BCUT2D eigenvalue weighted by molar-refractivity contribution is 5.59. The van der Waals surface area contributed by atoms with Crippen molar-refractivity contribution in [2.24, 2.45) is 5.92 Å². The Morgan fingerprint density at radius 1 is 0.892 bits per heavy atom. The molecule has 0 unspecified atom stereocenters. The van der Waals surface area contributed by atoms with Crippen LogP contribution in [0.15, 0.2) is 60.7 Å². The van der Waals surface area contributed by atoms with E-state index in [4.69, 9.17) is 14.2 Å². The fraction of sp³-hybridized carbons (Fsp3) is 0.419. The van der Waals surface area contributed by atoms with E-state index in [1.807, 2.05) is 24.3 Å². The quantitative estimate of drug-likeness (QED) is 0.386. The zero-order valence-electron chi connectivity index (χ0n) is 21.8. The molecule has 0 radical (unpaired) electrons. The van der Waals surface area contributed by atoms with Crippen LogP contribution in [0.3, 0.4) is 0 Å². The maximum absolute atomic E-state index is 15.9. The number of ether oxygens (including phenoxy) is 3. The van der Waals surface area contributed by atoms with Gasteiger partial charge in [-0.15, -0.1) is 0 Å². The molecule has 2 atom stereocenters. The van der Waals surface area contributed by atoms with Crippen LogP contribution < -0.4 is 9.64 Å². The summed E-state index contributed by atoms with van der Waals surface area (Å²) in [6.07, 6.45) is 3.27. The van der Waals surface area contributed by atoms with Crippen molar-refractivity contribution in [3.8, 4) is 11.5 Å². The van der Waals surface area contributed by atoms with Crippen molar-refractivity contribution in [2.75, 3.05) is 39.3 Å². The van der Waals surface area contributed by atoms with Crippen LogP contribution in [-0.4, -0.2) is 45.8 Å². The predicted octanol–water partition coefficient (Wildman–Crippen LogP) is 6.24. The smallest absolute Gasteiger partial charge is 0.159 e. The highest BCUT2D eigenvalue weighted by atomic mass is 19.1. The molecular weight excluding hydrogens is 469 g/mol. The summed E-state index contributed by atoms with van der Waals surface area (Å²) in [5, 5.41) is 10.1. The second-order valence-corrected chi connectivity index (χ2v) is 10.1. The molecule has 2 aliphatic rings. The van der Waals surface area contributed by atoms with Gasteiger partial charge in [-0.25, -0.2) is 4.39 Å². The Bertz CT molecular complexity index is 1210. The molecule has 6 heteroatoms. The number of methoxy groups -OCH3 is 3. The molecule has 0 aromatic heterocycles. The largest absolute Gasteiger partial charge is 0.508 e. The number of rotatable bonds is 7. The van der Waals surface area contributed by atoms with Crippen LogP contribution in [0, 0.1) is 11.7 Å². The van der Waals surface area contributed by atoms with Gasteiger partial charge in [-0.05, 0) is 66.5 Å². The normalized spacial score (nSPS) is 20.2. The molecule has 0 spiro atoms. The van der Waals surface area contributed by atoms with Crippen LogP contribution >= 0.6 is 0 Å². The lowest BCUT2D eigenvalue weighted by molar-refractivity contribution is -0.141. The molecule has 5 nitrogen and oxygen atoms in total. The summed E-state index contributed by atoms with van der Waals surface area (Å²) in [6.45, 7) is 1.46. The first-order valence-electron chi connectivity index (χ1n) is 13.1. The molecule has 1 heterocycles. The third-order valence-corrected chi connectivity index (χ3v) is 8.18. The highest BCUT2D eigenvalue weighted by Gasteiger charge is 2.35. The molecule has 0 bridgehead atoms. The van der Waals surface area contributed by atoms with Crippen molar-refractivity contribution >= 4 is 5.69 Å². The van der Waals surface area contributed by atoms with E-state index in [2.05, 4.69) is 29.2 Å². The van der Waals surface area contributed by atoms with E-state index in [-0.39, 0.29) is 35.6 Å². The van der Waals surface area contributed by atoms with E-state index in [1.54, 1.807) is 33.5 Å². The average molecular weight is 506 g/mol. The molecule has 1 fully saturated rings. The first kappa shape index (κ1) is 25.6. The van der Waals surface area contributed by atoms with Gasteiger partial charge in [0.05, 0.1) is 12.8 Å². The third-order valence-electron chi connectivity index (χ3n) is 8.18. The van der Waals surface area contributed by atoms with Gasteiger partial charge in [-0.1, -0.05) is 36.4 Å². The second-order valence-electron chi connectivity index (χ2n) is 10.1. The fourth-order valence-corrected chi connectivity index (χ4v) is 6.36. The predicted molar refractivity (Wildman–Crippen MR) is 143 cm³/mol. The fourth-order valence-electron chi connectivity index (χ4n) is 6.36. The first-order chi connectivity index (χ1) is 18.0. The van der Waals surface area contributed by atoms with Crippen LogP contribution in [0.2, 0.25) is 0 Å². The summed E-state index contributed by atoms with van der Waals surface area (Å²) in [4.78, 5) is 2.10. The third kappa shape index (κ3) is 5.05. The number of hydrogen-bond acceptors (Lipinski definition) is 5. The second kappa shape index (κ2) is 11.1. The lowest BCUT2D eigenvalue weighted by Gasteiger charge is -2.38. The molecule has 3 aromatic rings. The van der Waals surface area contributed by atoms with Crippen molar-refractivity contribution in [1.82, 2.24) is 0 Å². The van der Waals surface area contributed by atoms with Gasteiger partial charge >= 0.3 is 0 Å². The summed E-state index contributed by atoms with van der Waals surface area (Å²) in [7, 11) is 4.99. The van der Waals surface area contributed by atoms with E-state index < -0.39 is 0 Å². The lowest BCUT2D eigenvalue weighted by atomic mass is 9.69. The van der Waals surface area contributed by atoms with E-state index in [0.29, 0.717) is 11.4 Å². The van der Waals surface area contributed by atoms with Gasteiger partial charge in [0.15, 0.2) is 6.29 Å². The number of halogens is 1. The van der Waals surface area contributed by atoms with Crippen molar-refractivity contribution < 1.29 is 23.7 Å². The number of aryl methyl sites for hydroxylation is 1. The Hall–Kier alpha value is -3.09. The minimum Gasteiger partial charge on any atom is -0.508 e. The molecule has 37 heavy (non-hydrogen) atoms. The van der Waals surface area contributed by atoms with Gasteiger partial charge in [0.1, 0.15) is 17.3 Å². The van der Waals surface area contributed by atoms with Gasteiger partial charge in [0, 0.05) is 50.8 Å². The summed E-state index contributed by atoms with van der Waals surface area (Å²) >= 11 is 0. The highest BCUT2D eigenvalue weighted by Crippen LogP contribution is 2.50. The minimum absolute atomic E-state index is 0.0832. The molecular formula is C31H36FNO4. The van der Waals surface area contributed by atoms with Gasteiger partial charge in [0.2, 0.25) is 0 Å². The van der Waals surface area contributed by atoms with Crippen molar-refractivity contribution in [1.29, 1.82) is 0 Å². The monoisotopic (exact) mass is 505 g/mol. The standard InChI is InChI=1S/C31H36FNO4/c1-35-29-19-28(33-15-13-21(14-16-33)31(36-2)37-3)27(32)18-26(29)30-24(20-7-5-4-6-8-20)11-9-22-17-23(34)10-12-25(22)30/h4-8,10,12,17-19,21,24,30-31,34H,9,11,13-16H2,1-3H3/t24-,30+/m1/s1. The van der Waals surface area contributed by atoms with Crippen LogP contribution in [0.1, 0.15) is 53.4 Å². The van der Waals surface area contributed by atoms with E-state index in [0.717, 1.165) is 55.5 Å². The number of aromatic hydroxyl groups is 1. The Morgan fingerprint density at radius 3 is 2.30 bits per heavy atom. The number of nitrogens with zero attached hydrogens (tertiary/aromatic N) is 1. The number of fused-ring (bicyclic) bond motifs is 1. The molecule has 3 aromatic carbocycles. The molecule has 196 valence electrons. The Morgan fingerprint density at radius 2 is 1.62 bits per heavy atom. The van der Waals surface area contributed by atoms with Gasteiger partial charge in [-0.2, -0.15) is 0 Å². The molecule has 1 saturated heterocycles. The van der Waals surface area contributed by atoms with Gasteiger partial charge < -0.3 is 24.2 Å². The molecule has 1 aliphatic carbocycles. The lowest BCUT2D eigenvalue weighted by Crippen LogP contribution is -2.39. The Kier molecular flexibility index (Phi) is 7.68. The van der Waals surface area contributed by atoms with Gasteiger partial charge in [-0.3, -0.25) is 0 Å². The van der Waals surface area contributed by atoms with Crippen molar-refractivity contribution in [3.63, 3.8) is 0 Å². The molecule has 1 N–H and O–H groups in total. The maximum Gasteiger partial charge on any atom is 0.159 e. The summed E-state index contributed by atoms with van der Waals surface area (Å²) < 4.78 is 32.7. The van der Waals surface area contributed by atoms with Crippen LogP contribution in [0.25, 0.3) is 0 Å². The number of phenols is 1. The van der Waals surface area contributed by atoms with Crippen molar-refractivity contribution in [3.05, 3.63) is 88.7 Å². The Labute approximate surface area is 218 Å². The number of anilines is 1. The number of hydrogen-bond donors (Lipinski definition) is 1. The minimum atomic E-state index is -0.234. The molecule has 0 amide bonds. The van der Waals surface area contributed by atoms with Gasteiger partial charge in [0.25, 0.3) is 0 Å². The van der Waals surface area contributed by atoms with E-state index >= 15 is 4.39 Å². The zero-order valence-corrected chi connectivity index (χ0v) is 21.8. The van der Waals surface area contributed by atoms with Crippen LogP contribution in [0.4, 0.5) is 10.1 Å². The molecule has 5 rings (SSSR count). The summed E-state index contributed by atoms with van der Waals surface area (Å²) in [5.41, 5.74) is 4.87. The SMILES string of the molecule is COc1cc(N2CCC(C(OC)OC)CC2)c(F)cc1[C@@H]1c2ccc(O)cc2CC[C@@H]1c1ccccc1. The number of piperidine rings is 1. The zero-order chi connectivity index (χ0) is 25.9.